The van der Waals surface area contributed by atoms with Crippen LogP contribution in [0.2, 0.25) is 0 Å². The van der Waals surface area contributed by atoms with E-state index in [9.17, 15) is 0 Å². The minimum absolute atomic E-state index is 0.236. The van der Waals surface area contributed by atoms with Crippen LogP contribution in [0.1, 0.15) is 30.2 Å². The van der Waals surface area contributed by atoms with Gasteiger partial charge in [0, 0.05) is 16.8 Å². The molecular formula is C13H18ClN3S. The minimum Gasteiger partial charge on any atom is -0.369 e. The molecule has 98 valence electrons. The summed E-state index contributed by atoms with van der Waals surface area (Å²) in [4.78, 5) is 11.0. The Labute approximate surface area is 117 Å². The largest absolute Gasteiger partial charge is 0.369 e. The van der Waals surface area contributed by atoms with Crippen LogP contribution in [0, 0.1) is 13.8 Å². The van der Waals surface area contributed by atoms with Gasteiger partial charge in [0.05, 0.1) is 5.39 Å². The van der Waals surface area contributed by atoms with Crippen molar-refractivity contribution in [2.45, 2.75) is 39.0 Å². The third-order valence-electron chi connectivity index (χ3n) is 3.16. The lowest BCUT2D eigenvalue weighted by molar-refractivity contribution is 0.752. The number of halogens is 1. The summed E-state index contributed by atoms with van der Waals surface area (Å²) >= 11 is 7.83. The average Bonchev–Trinajstić information content (AvgIpc) is 2.66. The van der Waals surface area contributed by atoms with Gasteiger partial charge in [-0.15, -0.1) is 22.9 Å². The van der Waals surface area contributed by atoms with Crippen LogP contribution in [0.15, 0.2) is 6.33 Å². The summed E-state index contributed by atoms with van der Waals surface area (Å²) in [6, 6.07) is 0. The second-order valence-electron chi connectivity index (χ2n) is 4.41. The SMILES string of the molecule is CCC(Cl)CCNc1ncnc2sc(C)c(C)c12. The van der Waals surface area contributed by atoms with Crippen LogP contribution in [0.5, 0.6) is 0 Å². The number of anilines is 1. The lowest BCUT2D eigenvalue weighted by Crippen LogP contribution is -2.09. The minimum atomic E-state index is 0.236. The zero-order valence-corrected chi connectivity index (χ0v) is 12.5. The number of rotatable bonds is 5. The molecule has 0 aliphatic rings. The van der Waals surface area contributed by atoms with Crippen molar-refractivity contribution in [3.63, 3.8) is 0 Å². The molecule has 0 fully saturated rings. The number of aryl methyl sites for hydroxylation is 2. The quantitative estimate of drug-likeness (QED) is 0.839. The van der Waals surface area contributed by atoms with Gasteiger partial charge in [0.1, 0.15) is 17.0 Å². The Kier molecular flexibility index (Phi) is 4.40. The molecule has 0 aliphatic heterocycles. The van der Waals surface area contributed by atoms with E-state index < -0.39 is 0 Å². The van der Waals surface area contributed by atoms with Crippen LogP contribution >= 0.6 is 22.9 Å². The number of alkyl halides is 1. The summed E-state index contributed by atoms with van der Waals surface area (Å²) in [6.45, 7) is 7.20. The van der Waals surface area contributed by atoms with Gasteiger partial charge in [-0.3, -0.25) is 0 Å². The van der Waals surface area contributed by atoms with Gasteiger partial charge >= 0.3 is 0 Å². The van der Waals surface area contributed by atoms with Crippen molar-refractivity contribution in [1.82, 2.24) is 9.97 Å². The molecule has 1 atom stereocenters. The van der Waals surface area contributed by atoms with E-state index >= 15 is 0 Å². The van der Waals surface area contributed by atoms with Crippen molar-refractivity contribution >= 4 is 39.0 Å². The van der Waals surface area contributed by atoms with Crippen molar-refractivity contribution in [2.75, 3.05) is 11.9 Å². The molecule has 0 amide bonds. The molecule has 0 saturated carbocycles. The average molecular weight is 284 g/mol. The normalized spacial score (nSPS) is 12.9. The Morgan fingerprint density at radius 2 is 2.17 bits per heavy atom. The molecular weight excluding hydrogens is 266 g/mol. The van der Waals surface area contributed by atoms with Crippen LogP contribution < -0.4 is 5.32 Å². The van der Waals surface area contributed by atoms with E-state index in [0.717, 1.165) is 35.4 Å². The number of hydrogen-bond donors (Lipinski definition) is 1. The first-order valence-corrected chi connectivity index (χ1v) is 7.47. The summed E-state index contributed by atoms with van der Waals surface area (Å²) in [5.74, 6) is 0.932. The highest BCUT2D eigenvalue weighted by Gasteiger charge is 2.11. The van der Waals surface area contributed by atoms with E-state index in [1.165, 1.54) is 10.4 Å². The Balaban J connectivity index is 2.18. The summed E-state index contributed by atoms with van der Waals surface area (Å²) in [5, 5.41) is 4.77. The van der Waals surface area contributed by atoms with E-state index in [4.69, 9.17) is 11.6 Å². The zero-order chi connectivity index (χ0) is 13.1. The summed E-state index contributed by atoms with van der Waals surface area (Å²) in [7, 11) is 0. The van der Waals surface area contributed by atoms with Crippen molar-refractivity contribution in [3.8, 4) is 0 Å². The molecule has 2 aromatic rings. The Hall–Kier alpha value is -0.870. The molecule has 0 spiro atoms. The molecule has 0 aliphatic carbocycles. The second kappa shape index (κ2) is 5.85. The molecule has 0 aromatic carbocycles. The molecule has 1 unspecified atom stereocenters. The number of thiophene rings is 1. The topological polar surface area (TPSA) is 37.8 Å². The van der Waals surface area contributed by atoms with Crippen molar-refractivity contribution in [2.24, 2.45) is 0 Å². The summed E-state index contributed by atoms with van der Waals surface area (Å²) in [6.07, 6.45) is 3.57. The molecule has 2 heterocycles. The molecule has 5 heteroatoms. The van der Waals surface area contributed by atoms with E-state index in [1.54, 1.807) is 17.7 Å². The van der Waals surface area contributed by atoms with E-state index in [0.29, 0.717) is 0 Å². The van der Waals surface area contributed by atoms with E-state index in [1.807, 2.05) is 0 Å². The smallest absolute Gasteiger partial charge is 0.138 e. The van der Waals surface area contributed by atoms with E-state index in [2.05, 4.69) is 36.1 Å². The Morgan fingerprint density at radius 3 is 2.89 bits per heavy atom. The van der Waals surface area contributed by atoms with Crippen molar-refractivity contribution in [1.29, 1.82) is 0 Å². The zero-order valence-electron chi connectivity index (χ0n) is 11.0. The molecule has 2 rings (SSSR count). The highest BCUT2D eigenvalue weighted by atomic mass is 35.5. The Morgan fingerprint density at radius 1 is 1.39 bits per heavy atom. The number of hydrogen-bond acceptors (Lipinski definition) is 4. The van der Waals surface area contributed by atoms with Crippen LogP contribution in [0.25, 0.3) is 10.2 Å². The van der Waals surface area contributed by atoms with Gasteiger partial charge in [-0.2, -0.15) is 0 Å². The van der Waals surface area contributed by atoms with Gasteiger partial charge in [0.25, 0.3) is 0 Å². The van der Waals surface area contributed by atoms with Crippen LogP contribution in [-0.2, 0) is 0 Å². The van der Waals surface area contributed by atoms with Gasteiger partial charge in [-0.25, -0.2) is 9.97 Å². The Bertz CT molecular complexity index is 538. The number of nitrogens with one attached hydrogen (secondary N) is 1. The number of fused-ring (bicyclic) bond motifs is 1. The van der Waals surface area contributed by atoms with Crippen molar-refractivity contribution < 1.29 is 0 Å². The first-order chi connectivity index (χ1) is 8.63. The van der Waals surface area contributed by atoms with Crippen LogP contribution in [0.3, 0.4) is 0 Å². The molecule has 3 nitrogen and oxygen atoms in total. The molecule has 0 bridgehead atoms. The fourth-order valence-electron chi connectivity index (χ4n) is 1.87. The van der Waals surface area contributed by atoms with Crippen LogP contribution in [-0.4, -0.2) is 21.9 Å². The highest BCUT2D eigenvalue weighted by Crippen LogP contribution is 2.32. The van der Waals surface area contributed by atoms with Gasteiger partial charge in [0.2, 0.25) is 0 Å². The molecule has 0 saturated heterocycles. The van der Waals surface area contributed by atoms with E-state index in [-0.39, 0.29) is 5.38 Å². The van der Waals surface area contributed by atoms with Crippen molar-refractivity contribution in [3.05, 3.63) is 16.8 Å². The number of nitrogens with zero attached hydrogens (tertiary/aromatic N) is 2. The maximum atomic E-state index is 6.11. The third-order valence-corrected chi connectivity index (χ3v) is 4.80. The third kappa shape index (κ3) is 2.75. The fraction of sp³-hybridized carbons (Fsp3) is 0.538. The maximum Gasteiger partial charge on any atom is 0.138 e. The number of aromatic nitrogens is 2. The molecule has 2 aromatic heterocycles. The standard InChI is InChI=1S/C13H18ClN3S/c1-4-10(14)5-6-15-12-11-8(2)9(3)18-13(11)17-7-16-12/h7,10H,4-6H2,1-3H3,(H,15,16,17). The lowest BCUT2D eigenvalue weighted by Gasteiger charge is -2.09. The van der Waals surface area contributed by atoms with Gasteiger partial charge < -0.3 is 5.32 Å². The highest BCUT2D eigenvalue weighted by molar-refractivity contribution is 7.18. The first kappa shape index (κ1) is 13.6. The second-order valence-corrected chi connectivity index (χ2v) is 6.23. The fourth-order valence-corrected chi connectivity index (χ4v) is 2.97. The summed E-state index contributed by atoms with van der Waals surface area (Å²) < 4.78 is 0. The predicted molar refractivity (Wildman–Crippen MR) is 79.9 cm³/mol. The molecule has 0 radical (unpaired) electrons. The lowest BCUT2D eigenvalue weighted by atomic mass is 10.2. The van der Waals surface area contributed by atoms with Gasteiger partial charge in [0.15, 0.2) is 0 Å². The predicted octanol–water partition coefficient (Wildman–Crippen LogP) is 4.13. The molecule has 18 heavy (non-hydrogen) atoms. The summed E-state index contributed by atoms with van der Waals surface area (Å²) in [5.41, 5.74) is 1.27. The maximum absolute atomic E-state index is 6.11. The monoisotopic (exact) mass is 283 g/mol. The van der Waals surface area contributed by atoms with Gasteiger partial charge in [-0.05, 0) is 32.3 Å². The molecule has 1 N–H and O–H groups in total. The first-order valence-electron chi connectivity index (χ1n) is 6.22. The van der Waals surface area contributed by atoms with Crippen LogP contribution in [0.4, 0.5) is 5.82 Å². The van der Waals surface area contributed by atoms with Gasteiger partial charge in [-0.1, -0.05) is 6.92 Å².